The van der Waals surface area contributed by atoms with Crippen molar-refractivity contribution < 1.29 is 24.0 Å². The summed E-state index contributed by atoms with van der Waals surface area (Å²) in [6.45, 7) is 1.02. The lowest BCUT2D eigenvalue weighted by Crippen LogP contribution is -2.22. The number of carbonyl (C=O) groups is 3. The summed E-state index contributed by atoms with van der Waals surface area (Å²) in [5.41, 5.74) is 0.969. The number of nitro groups is 1. The minimum Gasteiger partial charge on any atom is -0.452 e. The minimum atomic E-state index is -0.853. The van der Waals surface area contributed by atoms with E-state index in [0.717, 1.165) is 0 Å². The number of nitrogens with one attached hydrogen (secondary N) is 1. The van der Waals surface area contributed by atoms with Crippen LogP contribution < -0.4 is 5.32 Å². The van der Waals surface area contributed by atoms with E-state index < -0.39 is 23.4 Å². The molecular weight excluding hydrogens is 400 g/mol. The van der Waals surface area contributed by atoms with Crippen molar-refractivity contribution in [2.45, 2.75) is 6.92 Å². The first kappa shape index (κ1) is 21.4. The van der Waals surface area contributed by atoms with Gasteiger partial charge in [0.15, 0.2) is 12.4 Å². The van der Waals surface area contributed by atoms with Crippen LogP contribution in [0.1, 0.15) is 31.8 Å². The van der Waals surface area contributed by atoms with Crippen molar-refractivity contribution in [3.63, 3.8) is 0 Å². The number of nitrogens with zero attached hydrogens (tertiary/aromatic N) is 1. The molecule has 1 amide bonds. The second-order valence-corrected chi connectivity index (χ2v) is 6.64. The molecule has 0 aromatic heterocycles. The predicted octanol–water partition coefficient (Wildman–Crippen LogP) is 3.93. The molecule has 3 aromatic rings. The highest BCUT2D eigenvalue weighted by atomic mass is 16.6. The molecule has 8 heteroatoms. The quantitative estimate of drug-likeness (QED) is 0.269. The van der Waals surface area contributed by atoms with Crippen molar-refractivity contribution in [1.82, 2.24) is 0 Å². The minimum absolute atomic E-state index is 0.00342. The zero-order valence-corrected chi connectivity index (χ0v) is 16.5. The van der Waals surface area contributed by atoms with Crippen molar-refractivity contribution in [1.29, 1.82) is 0 Å². The molecule has 0 bridgehead atoms. The lowest BCUT2D eigenvalue weighted by Gasteiger charge is -2.10. The van der Waals surface area contributed by atoms with E-state index >= 15 is 0 Å². The molecule has 0 saturated carbocycles. The fourth-order valence-corrected chi connectivity index (χ4v) is 2.90. The Kier molecular flexibility index (Phi) is 6.51. The average molecular weight is 418 g/mol. The van der Waals surface area contributed by atoms with E-state index in [-0.39, 0.29) is 28.3 Å². The van der Waals surface area contributed by atoms with E-state index in [9.17, 15) is 24.5 Å². The van der Waals surface area contributed by atoms with Gasteiger partial charge in [0, 0.05) is 17.2 Å². The predicted molar refractivity (Wildman–Crippen MR) is 113 cm³/mol. The molecule has 0 aliphatic carbocycles. The van der Waals surface area contributed by atoms with Gasteiger partial charge in [0.05, 0.1) is 10.5 Å². The van der Waals surface area contributed by atoms with E-state index in [4.69, 9.17) is 4.74 Å². The number of benzene rings is 3. The third-order valence-electron chi connectivity index (χ3n) is 4.39. The SMILES string of the molecule is Cc1ccc(NC(=O)COC(=O)c2ccccc2C(=O)c2ccccc2)c([N+](=O)[O-])c1. The van der Waals surface area contributed by atoms with Crippen molar-refractivity contribution in [3.05, 3.63) is 105 Å². The Hall–Kier alpha value is -4.33. The highest BCUT2D eigenvalue weighted by Crippen LogP contribution is 2.25. The number of aryl methyl sites for hydroxylation is 1. The number of esters is 1. The first-order valence-corrected chi connectivity index (χ1v) is 9.27. The molecule has 0 spiro atoms. The topological polar surface area (TPSA) is 116 Å². The molecule has 8 nitrogen and oxygen atoms in total. The standard InChI is InChI=1S/C23H18N2O6/c1-15-11-12-19(20(13-15)25(29)30)24-21(26)14-31-23(28)18-10-6-5-9-17(18)22(27)16-7-3-2-4-8-16/h2-13H,14H2,1H3,(H,24,26). The van der Waals surface area contributed by atoms with Crippen molar-refractivity contribution in [2.24, 2.45) is 0 Å². The third kappa shape index (κ3) is 5.18. The molecule has 0 radical (unpaired) electrons. The molecule has 1 N–H and O–H groups in total. The van der Waals surface area contributed by atoms with Gasteiger partial charge in [-0.1, -0.05) is 54.6 Å². The van der Waals surface area contributed by atoms with E-state index in [1.807, 2.05) is 0 Å². The van der Waals surface area contributed by atoms with Crippen molar-refractivity contribution >= 4 is 29.0 Å². The molecule has 0 fully saturated rings. The molecule has 0 saturated heterocycles. The highest BCUT2D eigenvalue weighted by Gasteiger charge is 2.21. The fourth-order valence-electron chi connectivity index (χ4n) is 2.90. The largest absolute Gasteiger partial charge is 0.452 e. The lowest BCUT2D eigenvalue weighted by atomic mass is 9.98. The summed E-state index contributed by atoms with van der Waals surface area (Å²) >= 11 is 0. The number of ether oxygens (including phenoxy) is 1. The molecule has 0 aliphatic rings. The van der Waals surface area contributed by atoms with Gasteiger partial charge in [-0.3, -0.25) is 19.7 Å². The number of carbonyl (C=O) groups excluding carboxylic acids is 3. The monoisotopic (exact) mass is 418 g/mol. The Morgan fingerprint density at radius 2 is 1.58 bits per heavy atom. The molecule has 156 valence electrons. The number of rotatable bonds is 7. The number of amides is 1. The second kappa shape index (κ2) is 9.45. The molecule has 0 aliphatic heterocycles. The van der Waals surface area contributed by atoms with E-state index in [0.29, 0.717) is 11.1 Å². The van der Waals surface area contributed by atoms with Crippen LogP contribution in [0.15, 0.2) is 72.8 Å². The first-order chi connectivity index (χ1) is 14.9. The van der Waals surface area contributed by atoms with Gasteiger partial charge in [0.1, 0.15) is 5.69 Å². The van der Waals surface area contributed by atoms with E-state index in [1.165, 1.54) is 24.3 Å². The van der Waals surface area contributed by atoms with E-state index in [2.05, 4.69) is 5.32 Å². The Morgan fingerprint density at radius 3 is 2.26 bits per heavy atom. The molecule has 0 atom stereocenters. The van der Waals surface area contributed by atoms with Gasteiger partial charge in [-0.05, 0) is 24.6 Å². The Bertz CT molecular complexity index is 1160. The highest BCUT2D eigenvalue weighted by molar-refractivity contribution is 6.14. The normalized spacial score (nSPS) is 10.2. The van der Waals surface area contributed by atoms with Gasteiger partial charge in [-0.15, -0.1) is 0 Å². The lowest BCUT2D eigenvalue weighted by molar-refractivity contribution is -0.384. The molecule has 3 aromatic carbocycles. The van der Waals surface area contributed by atoms with Gasteiger partial charge >= 0.3 is 5.97 Å². The van der Waals surface area contributed by atoms with Crippen molar-refractivity contribution in [2.75, 3.05) is 11.9 Å². The second-order valence-electron chi connectivity index (χ2n) is 6.64. The van der Waals surface area contributed by atoms with Crippen LogP contribution in [0, 0.1) is 17.0 Å². The number of hydrogen-bond acceptors (Lipinski definition) is 6. The summed E-state index contributed by atoms with van der Waals surface area (Å²) in [7, 11) is 0. The van der Waals surface area contributed by atoms with Crippen LogP contribution in [-0.2, 0) is 9.53 Å². The van der Waals surface area contributed by atoms with Gasteiger partial charge in [0.2, 0.25) is 0 Å². The molecular formula is C23H18N2O6. The summed E-state index contributed by atoms with van der Waals surface area (Å²) in [6, 6.07) is 18.9. The Balaban J connectivity index is 1.70. The summed E-state index contributed by atoms with van der Waals surface area (Å²) in [5.74, 6) is -1.95. The van der Waals surface area contributed by atoms with Gasteiger partial charge in [0.25, 0.3) is 11.6 Å². The van der Waals surface area contributed by atoms with Crippen LogP contribution in [0.25, 0.3) is 0 Å². The maximum Gasteiger partial charge on any atom is 0.339 e. The smallest absolute Gasteiger partial charge is 0.339 e. The van der Waals surface area contributed by atoms with E-state index in [1.54, 1.807) is 55.5 Å². The first-order valence-electron chi connectivity index (χ1n) is 9.27. The summed E-state index contributed by atoms with van der Waals surface area (Å²) in [5, 5.41) is 13.5. The number of anilines is 1. The summed E-state index contributed by atoms with van der Waals surface area (Å²) < 4.78 is 5.04. The number of ketones is 1. The zero-order chi connectivity index (χ0) is 22.4. The summed E-state index contributed by atoms with van der Waals surface area (Å²) in [6.07, 6.45) is 0. The maximum absolute atomic E-state index is 12.7. The van der Waals surface area contributed by atoms with Crippen LogP contribution in [0.5, 0.6) is 0 Å². The van der Waals surface area contributed by atoms with Crippen LogP contribution >= 0.6 is 0 Å². The van der Waals surface area contributed by atoms with Gasteiger partial charge in [-0.2, -0.15) is 0 Å². The molecule has 0 unspecified atom stereocenters. The average Bonchev–Trinajstić information content (AvgIpc) is 2.78. The van der Waals surface area contributed by atoms with Gasteiger partial charge < -0.3 is 10.1 Å². The third-order valence-corrected chi connectivity index (χ3v) is 4.39. The molecule has 0 heterocycles. The van der Waals surface area contributed by atoms with Crippen LogP contribution in [0.3, 0.4) is 0 Å². The number of nitro benzene ring substituents is 1. The maximum atomic E-state index is 12.7. The summed E-state index contributed by atoms with van der Waals surface area (Å²) in [4.78, 5) is 48.0. The van der Waals surface area contributed by atoms with Crippen LogP contribution in [0.2, 0.25) is 0 Å². The van der Waals surface area contributed by atoms with Crippen molar-refractivity contribution in [3.8, 4) is 0 Å². The van der Waals surface area contributed by atoms with Crippen LogP contribution in [-0.4, -0.2) is 29.2 Å². The van der Waals surface area contributed by atoms with Crippen LogP contribution in [0.4, 0.5) is 11.4 Å². The Morgan fingerprint density at radius 1 is 0.935 bits per heavy atom. The Labute approximate surface area is 177 Å². The molecule has 3 rings (SSSR count). The molecule has 31 heavy (non-hydrogen) atoms. The zero-order valence-electron chi connectivity index (χ0n) is 16.5. The van der Waals surface area contributed by atoms with Gasteiger partial charge in [-0.25, -0.2) is 4.79 Å². The number of hydrogen-bond donors (Lipinski definition) is 1. The fraction of sp³-hybridized carbons (Fsp3) is 0.0870.